The van der Waals surface area contributed by atoms with Gasteiger partial charge in [-0.15, -0.1) is 17.6 Å². The van der Waals surface area contributed by atoms with E-state index in [1.54, 1.807) is 0 Å². The molecule has 0 atom stereocenters. The first-order valence-electron chi connectivity index (χ1n) is 6.94. The molecule has 0 saturated carbocycles. The maximum absolute atomic E-state index is 13.2. The summed E-state index contributed by atoms with van der Waals surface area (Å²) < 4.78 is 304. The van der Waals surface area contributed by atoms with Gasteiger partial charge in [-0.2, -0.15) is 79.0 Å². The van der Waals surface area contributed by atoms with Crippen LogP contribution in [0.25, 0.3) is 0 Å². The van der Waals surface area contributed by atoms with Gasteiger partial charge in [0.05, 0.1) is 8.96 Å². The standard InChI is InChI=1S/C10F24N/c11-1(12,3(15,16)5(19,20)7(23,24)25)2(13,14)4(17,18)6(21,22)9(29,30)35(33,34)10(31,32)8(26,27)28/q+1. The summed E-state index contributed by atoms with van der Waals surface area (Å²) in [7, 11) is 0. The van der Waals surface area contributed by atoms with E-state index >= 15 is 0 Å². The molecule has 0 aliphatic rings. The second kappa shape index (κ2) is 7.64. The van der Waals surface area contributed by atoms with Crippen LogP contribution in [-0.4, -0.2) is 64.9 Å². The molecule has 0 N–H and O–H groups in total. The summed E-state index contributed by atoms with van der Waals surface area (Å²) in [6.45, 7) is 0. The molecule has 0 heterocycles. The zero-order chi connectivity index (χ0) is 29.5. The molecule has 0 aromatic rings. The summed E-state index contributed by atoms with van der Waals surface area (Å²) >= 11 is 0. The number of hydrogen-bond acceptors (Lipinski definition) is 0. The van der Waals surface area contributed by atoms with Gasteiger partial charge in [-0.1, -0.05) is 0 Å². The third-order valence-electron chi connectivity index (χ3n) is 3.75. The molecule has 0 rings (SSSR count). The molecule has 35 heavy (non-hydrogen) atoms. The molecule has 1 nitrogen and oxygen atoms in total. The molecule has 0 saturated heterocycles. The minimum absolute atomic E-state index is 8.11. The molecule has 0 spiro atoms. The highest BCUT2D eigenvalue weighted by Crippen LogP contribution is 2.66. The molecule has 0 aromatic carbocycles. The third kappa shape index (κ3) is 3.80. The lowest BCUT2D eigenvalue weighted by Crippen LogP contribution is -2.78. The average Bonchev–Trinajstić information content (AvgIpc) is 2.58. The first-order chi connectivity index (χ1) is 14.5. The number of quaternary nitrogens is 1. The molecule has 25 heteroatoms. The minimum Gasteiger partial charge on any atom is -0.192 e. The van der Waals surface area contributed by atoms with Crippen LogP contribution in [0.5, 0.6) is 0 Å². The van der Waals surface area contributed by atoms with E-state index in [-0.39, 0.29) is 0 Å². The van der Waals surface area contributed by atoms with E-state index in [1.807, 2.05) is 0 Å². The number of alkyl halides is 22. The molecule has 0 radical (unpaired) electrons. The van der Waals surface area contributed by atoms with Crippen molar-refractivity contribution < 1.29 is 110 Å². The van der Waals surface area contributed by atoms with Gasteiger partial charge in [0, 0.05) is 0 Å². The van der Waals surface area contributed by atoms with Gasteiger partial charge in [-0.3, -0.25) is 0 Å². The van der Waals surface area contributed by atoms with Gasteiger partial charge in [0.2, 0.25) is 0 Å². The Morgan fingerprint density at radius 2 is 0.486 bits per heavy atom. The highest BCUT2D eigenvalue weighted by atomic mass is 19.5. The molecule has 0 aliphatic carbocycles. The Kier molecular flexibility index (Phi) is 7.27. The Morgan fingerprint density at radius 3 is 0.714 bits per heavy atom. The molecule has 0 amide bonds. The predicted molar refractivity (Wildman–Crippen MR) is 54.2 cm³/mol. The molecule has 0 fully saturated rings. The summed E-state index contributed by atoms with van der Waals surface area (Å²) in [6, 6.07) is -18.0. The van der Waals surface area contributed by atoms with Crippen molar-refractivity contribution in [3.05, 3.63) is 0 Å². The lowest BCUT2D eigenvalue weighted by atomic mass is 9.90. The Labute approximate surface area is 172 Å². The van der Waals surface area contributed by atoms with Gasteiger partial charge in [0.25, 0.3) is 0 Å². The SMILES string of the molecule is FC(F)(F)C(F)(F)C(F)(F)C(F)(F)C(F)(F)C(F)(F)C(F)(F)C(F)(F)[N+](F)(F)C(F)(F)C(F)(F)F. The molecule has 212 valence electrons. The minimum atomic E-state index is -9.48. The van der Waals surface area contributed by atoms with Crippen LogP contribution in [0.3, 0.4) is 0 Å². The van der Waals surface area contributed by atoms with Crippen molar-refractivity contribution in [1.29, 1.82) is 0 Å². The van der Waals surface area contributed by atoms with Crippen LogP contribution in [0.2, 0.25) is 0 Å². The van der Waals surface area contributed by atoms with Gasteiger partial charge in [-0.05, 0) is 0 Å². The summed E-state index contributed by atoms with van der Waals surface area (Å²) in [4.78, 5) is -8.15. The number of hydrogen-bond donors (Lipinski definition) is 0. The smallest absolute Gasteiger partial charge is 0.192 e. The number of nitrogens with zero attached hydrogens (tertiary/aromatic N) is 1. The predicted octanol–water partition coefficient (Wildman–Crippen LogP) is 7.69. The van der Waals surface area contributed by atoms with Gasteiger partial charge < -0.3 is 0 Å². The van der Waals surface area contributed by atoms with Crippen LogP contribution in [0.1, 0.15) is 0 Å². The maximum Gasteiger partial charge on any atom is 0.567 e. The number of halogens is 24. The Bertz CT molecular complexity index is 715. The Hall–Kier alpha value is -1.72. The molecule has 0 unspecified atom stereocenters. The summed E-state index contributed by atoms with van der Waals surface area (Å²) in [5.41, 5.74) is 0. The van der Waals surface area contributed by atoms with Crippen molar-refractivity contribution in [2.45, 2.75) is 60.0 Å². The van der Waals surface area contributed by atoms with E-state index in [9.17, 15) is 106 Å². The van der Waals surface area contributed by atoms with Crippen LogP contribution in [0, 0.1) is 0 Å². The van der Waals surface area contributed by atoms with Crippen LogP contribution in [-0.2, 0) is 0 Å². The normalized spacial score (nSPS) is 17.1. The summed E-state index contributed by atoms with van der Waals surface area (Å²) in [5, 5.41) is 0. The molecule has 0 aliphatic heterocycles. The van der Waals surface area contributed by atoms with Crippen molar-refractivity contribution in [3.63, 3.8) is 0 Å². The Balaban J connectivity index is 7.15. The second-order valence-corrected chi connectivity index (χ2v) is 6.04. The highest BCUT2D eigenvalue weighted by Gasteiger charge is 3.01. The zero-order valence-electron chi connectivity index (χ0n) is 14.5. The van der Waals surface area contributed by atoms with Gasteiger partial charge >= 0.3 is 60.0 Å². The van der Waals surface area contributed by atoms with Crippen molar-refractivity contribution in [2.24, 2.45) is 0 Å². The Morgan fingerprint density at radius 1 is 0.257 bits per heavy atom. The lowest BCUT2D eigenvalue weighted by Gasteiger charge is -2.42. The summed E-state index contributed by atoms with van der Waals surface area (Å²) in [5.74, 6) is -55.3. The van der Waals surface area contributed by atoms with E-state index in [4.69, 9.17) is 0 Å². The van der Waals surface area contributed by atoms with Crippen LogP contribution in [0.4, 0.5) is 106 Å². The van der Waals surface area contributed by atoms with Crippen LogP contribution in [0.15, 0.2) is 0 Å². The quantitative estimate of drug-likeness (QED) is 0.155. The first kappa shape index (κ1) is 33.3. The fraction of sp³-hybridized carbons (Fsp3) is 1.00. The third-order valence-corrected chi connectivity index (χ3v) is 3.75. The maximum atomic E-state index is 13.2. The van der Waals surface area contributed by atoms with Gasteiger partial charge in [-0.25, -0.2) is 0 Å². The van der Waals surface area contributed by atoms with E-state index in [1.165, 1.54) is 0 Å². The lowest BCUT2D eigenvalue weighted by molar-refractivity contribution is -1.28. The monoisotopic (exact) mass is 590 g/mol. The zero-order valence-corrected chi connectivity index (χ0v) is 14.5. The van der Waals surface area contributed by atoms with E-state index < -0.39 is 64.9 Å². The molecular formula is C10F24N+. The van der Waals surface area contributed by atoms with Crippen LogP contribution < -0.4 is 0 Å². The number of rotatable bonds is 8. The molecule has 0 aromatic heterocycles. The van der Waals surface area contributed by atoms with E-state index in [0.29, 0.717) is 0 Å². The van der Waals surface area contributed by atoms with Crippen molar-refractivity contribution >= 4 is 0 Å². The van der Waals surface area contributed by atoms with Crippen molar-refractivity contribution in [1.82, 2.24) is 0 Å². The fourth-order valence-corrected chi connectivity index (χ4v) is 1.67. The second-order valence-electron chi connectivity index (χ2n) is 6.04. The molecule has 0 bridgehead atoms. The molecular weight excluding hydrogens is 590 g/mol. The van der Waals surface area contributed by atoms with Gasteiger partial charge in [0.15, 0.2) is 4.93 Å². The van der Waals surface area contributed by atoms with Gasteiger partial charge in [0.1, 0.15) is 0 Å². The van der Waals surface area contributed by atoms with Crippen molar-refractivity contribution in [3.8, 4) is 0 Å². The summed E-state index contributed by atoms with van der Waals surface area (Å²) in [6.07, 6.45) is -16.3. The van der Waals surface area contributed by atoms with Crippen LogP contribution >= 0.6 is 0 Å². The van der Waals surface area contributed by atoms with Crippen molar-refractivity contribution in [2.75, 3.05) is 0 Å². The topological polar surface area (TPSA) is 0 Å². The largest absolute Gasteiger partial charge is 0.567 e. The fourth-order valence-electron chi connectivity index (χ4n) is 1.67. The average molecular weight is 590 g/mol. The van der Waals surface area contributed by atoms with E-state index in [2.05, 4.69) is 0 Å². The highest BCUT2D eigenvalue weighted by molar-refractivity contribution is 5.14. The van der Waals surface area contributed by atoms with E-state index in [0.717, 1.165) is 0 Å². The first-order valence-corrected chi connectivity index (χ1v) is 6.94.